The van der Waals surface area contributed by atoms with Crippen LogP contribution >= 0.6 is 11.8 Å². The van der Waals surface area contributed by atoms with Gasteiger partial charge in [-0.05, 0) is 34.9 Å². The van der Waals surface area contributed by atoms with E-state index in [0.717, 1.165) is 5.69 Å². The van der Waals surface area contributed by atoms with Crippen molar-refractivity contribution in [3.05, 3.63) is 24.3 Å². The van der Waals surface area contributed by atoms with Crippen molar-refractivity contribution >= 4 is 23.4 Å². The number of amides is 1. The first kappa shape index (κ1) is 13.5. The van der Waals surface area contributed by atoms with Gasteiger partial charge in [0, 0.05) is 12.8 Å². The summed E-state index contributed by atoms with van der Waals surface area (Å²) in [6.45, 7) is 0.0190. The van der Waals surface area contributed by atoms with E-state index in [9.17, 15) is 4.79 Å². The fourth-order valence-corrected chi connectivity index (χ4v) is 1.94. The van der Waals surface area contributed by atoms with Gasteiger partial charge in [-0.15, -0.1) is 5.10 Å². The number of carbonyl (C=O) groups is 1. The third-order valence-electron chi connectivity index (χ3n) is 2.27. The minimum Gasteiger partial charge on any atom is -0.375 e. The summed E-state index contributed by atoms with van der Waals surface area (Å²) in [4.78, 5) is 11.4. The van der Waals surface area contributed by atoms with E-state index in [0.29, 0.717) is 10.8 Å². The highest BCUT2D eigenvalue weighted by molar-refractivity contribution is 7.98. The molecule has 0 fully saturated rings. The number of hydrogen-bond acceptors (Lipinski definition) is 6. The van der Waals surface area contributed by atoms with E-state index < -0.39 is 0 Å². The van der Waals surface area contributed by atoms with E-state index in [4.69, 9.17) is 4.74 Å². The zero-order chi connectivity index (χ0) is 13.7. The van der Waals surface area contributed by atoms with Crippen LogP contribution < -0.4 is 5.32 Å². The summed E-state index contributed by atoms with van der Waals surface area (Å²) < 4.78 is 6.37. The second kappa shape index (κ2) is 6.30. The van der Waals surface area contributed by atoms with Gasteiger partial charge in [0.1, 0.15) is 6.61 Å². The topological polar surface area (TPSA) is 81.9 Å². The molecule has 0 atom stereocenters. The van der Waals surface area contributed by atoms with Gasteiger partial charge in [-0.3, -0.25) is 4.79 Å². The van der Waals surface area contributed by atoms with E-state index >= 15 is 0 Å². The van der Waals surface area contributed by atoms with Gasteiger partial charge in [-0.25, -0.2) is 0 Å². The van der Waals surface area contributed by atoms with Crippen LogP contribution in [0.15, 0.2) is 29.4 Å². The third kappa shape index (κ3) is 3.30. The van der Waals surface area contributed by atoms with Gasteiger partial charge >= 0.3 is 0 Å². The molecule has 19 heavy (non-hydrogen) atoms. The Morgan fingerprint density at radius 2 is 2.37 bits per heavy atom. The Hall–Kier alpha value is -1.93. The first-order valence-corrected chi connectivity index (χ1v) is 6.68. The maximum absolute atomic E-state index is 11.4. The number of tetrazole rings is 1. The van der Waals surface area contributed by atoms with Crippen molar-refractivity contribution in [2.24, 2.45) is 0 Å². The van der Waals surface area contributed by atoms with E-state index in [1.807, 2.05) is 18.4 Å². The van der Waals surface area contributed by atoms with Gasteiger partial charge in [0.25, 0.3) is 0 Å². The normalized spacial score (nSPS) is 10.4. The molecule has 1 aromatic heterocycles. The van der Waals surface area contributed by atoms with Crippen molar-refractivity contribution in [1.82, 2.24) is 20.2 Å². The van der Waals surface area contributed by atoms with Gasteiger partial charge in [-0.1, -0.05) is 17.8 Å². The van der Waals surface area contributed by atoms with Crippen LogP contribution in [0.2, 0.25) is 0 Å². The van der Waals surface area contributed by atoms with Crippen molar-refractivity contribution in [3.8, 4) is 5.69 Å². The summed E-state index contributed by atoms with van der Waals surface area (Å²) in [5, 5.41) is 14.8. The van der Waals surface area contributed by atoms with Crippen molar-refractivity contribution in [2.75, 3.05) is 25.3 Å². The average Bonchev–Trinajstić information content (AvgIpc) is 2.87. The molecule has 0 radical (unpaired) electrons. The molecule has 100 valence electrons. The van der Waals surface area contributed by atoms with E-state index in [-0.39, 0.29) is 12.5 Å². The van der Waals surface area contributed by atoms with Crippen LogP contribution in [0.4, 0.5) is 5.69 Å². The maximum atomic E-state index is 11.4. The Labute approximate surface area is 114 Å². The zero-order valence-electron chi connectivity index (χ0n) is 10.5. The molecule has 0 unspecified atom stereocenters. The van der Waals surface area contributed by atoms with Gasteiger partial charge in [-0.2, -0.15) is 4.68 Å². The Morgan fingerprint density at radius 3 is 3.11 bits per heavy atom. The van der Waals surface area contributed by atoms with Crippen LogP contribution in [0.25, 0.3) is 5.69 Å². The number of rotatable bonds is 5. The number of nitrogens with zero attached hydrogens (tertiary/aromatic N) is 4. The summed E-state index contributed by atoms with van der Waals surface area (Å²) in [7, 11) is 1.47. The third-order valence-corrected chi connectivity index (χ3v) is 2.89. The lowest BCUT2D eigenvalue weighted by Crippen LogP contribution is -2.17. The molecular weight excluding hydrogens is 266 g/mol. The molecule has 0 aliphatic carbocycles. The van der Waals surface area contributed by atoms with Crippen molar-refractivity contribution in [1.29, 1.82) is 0 Å². The number of hydrogen-bond donors (Lipinski definition) is 1. The summed E-state index contributed by atoms with van der Waals surface area (Å²) in [6, 6.07) is 7.27. The van der Waals surface area contributed by atoms with Gasteiger partial charge in [0.05, 0.1) is 5.69 Å². The smallest absolute Gasteiger partial charge is 0.250 e. The highest BCUT2D eigenvalue weighted by Crippen LogP contribution is 2.18. The Bertz CT molecular complexity index is 572. The highest BCUT2D eigenvalue weighted by atomic mass is 32.2. The molecule has 7 nitrogen and oxygen atoms in total. The van der Waals surface area contributed by atoms with Crippen molar-refractivity contribution < 1.29 is 9.53 Å². The lowest BCUT2D eigenvalue weighted by atomic mass is 10.3. The number of thioether (sulfide) groups is 1. The number of methoxy groups -OCH3 is 1. The van der Waals surface area contributed by atoms with Gasteiger partial charge in [0.2, 0.25) is 11.1 Å². The molecule has 1 amide bonds. The summed E-state index contributed by atoms with van der Waals surface area (Å²) in [5.74, 6) is -0.207. The predicted molar refractivity (Wildman–Crippen MR) is 71.4 cm³/mol. The molecule has 0 aliphatic rings. The summed E-state index contributed by atoms with van der Waals surface area (Å²) >= 11 is 1.44. The van der Waals surface area contributed by atoms with Crippen molar-refractivity contribution in [2.45, 2.75) is 5.16 Å². The maximum Gasteiger partial charge on any atom is 0.250 e. The molecule has 0 aliphatic heterocycles. The second-order valence-electron chi connectivity index (χ2n) is 3.61. The zero-order valence-corrected chi connectivity index (χ0v) is 11.3. The van der Waals surface area contributed by atoms with Crippen LogP contribution in [0.3, 0.4) is 0 Å². The average molecular weight is 279 g/mol. The summed E-state index contributed by atoms with van der Waals surface area (Å²) in [5.41, 5.74) is 1.45. The lowest BCUT2D eigenvalue weighted by Gasteiger charge is -2.07. The van der Waals surface area contributed by atoms with Crippen LogP contribution in [-0.4, -0.2) is 46.1 Å². The largest absolute Gasteiger partial charge is 0.375 e. The van der Waals surface area contributed by atoms with Crippen LogP contribution in [0.1, 0.15) is 0 Å². The molecule has 8 heteroatoms. The number of carbonyl (C=O) groups excluding carboxylic acids is 1. The monoisotopic (exact) mass is 279 g/mol. The number of aromatic nitrogens is 4. The van der Waals surface area contributed by atoms with E-state index in [1.54, 1.807) is 16.8 Å². The molecule has 0 bridgehead atoms. The number of nitrogens with one attached hydrogen (secondary N) is 1. The molecule has 0 saturated carbocycles. The quantitative estimate of drug-likeness (QED) is 0.821. The molecule has 1 heterocycles. The van der Waals surface area contributed by atoms with Gasteiger partial charge < -0.3 is 10.1 Å². The Kier molecular flexibility index (Phi) is 4.48. The minimum absolute atomic E-state index is 0.0190. The molecule has 2 aromatic rings. The first-order chi connectivity index (χ1) is 9.24. The fourth-order valence-electron chi connectivity index (χ4n) is 1.51. The molecule has 0 saturated heterocycles. The molecule has 1 N–H and O–H groups in total. The Morgan fingerprint density at radius 1 is 1.53 bits per heavy atom. The number of ether oxygens (including phenoxy) is 1. The lowest BCUT2D eigenvalue weighted by molar-refractivity contribution is -0.119. The molecule has 2 rings (SSSR count). The minimum atomic E-state index is -0.207. The Balaban J connectivity index is 2.22. The van der Waals surface area contributed by atoms with Gasteiger partial charge in [0.15, 0.2) is 0 Å². The molecular formula is C11H13N5O2S. The molecule has 0 spiro atoms. The number of anilines is 1. The van der Waals surface area contributed by atoms with Crippen LogP contribution in [-0.2, 0) is 9.53 Å². The van der Waals surface area contributed by atoms with E-state index in [1.165, 1.54) is 18.9 Å². The fraction of sp³-hybridized carbons (Fsp3) is 0.273. The standard InChI is InChI=1S/C11H13N5O2S/c1-18-7-10(17)12-8-4-3-5-9(6-8)16-11(19-2)13-14-15-16/h3-6H,7H2,1-2H3,(H,12,17). The number of benzene rings is 1. The van der Waals surface area contributed by atoms with Crippen molar-refractivity contribution in [3.63, 3.8) is 0 Å². The highest BCUT2D eigenvalue weighted by Gasteiger charge is 2.08. The SMILES string of the molecule is COCC(=O)Nc1cccc(-n2nnnc2SC)c1. The first-order valence-electron chi connectivity index (χ1n) is 5.46. The predicted octanol–water partition coefficient (Wildman–Crippen LogP) is 0.969. The van der Waals surface area contributed by atoms with Crippen LogP contribution in [0, 0.1) is 0 Å². The molecule has 1 aromatic carbocycles. The summed E-state index contributed by atoms with van der Waals surface area (Å²) in [6.07, 6.45) is 1.90. The van der Waals surface area contributed by atoms with Crippen LogP contribution in [0.5, 0.6) is 0 Å². The van der Waals surface area contributed by atoms with E-state index in [2.05, 4.69) is 20.8 Å². The second-order valence-corrected chi connectivity index (χ2v) is 4.38.